The quantitative estimate of drug-likeness (QED) is 0.936. The van der Waals surface area contributed by atoms with E-state index in [0.29, 0.717) is 13.1 Å². The molecular formula is C13H12BrFN2. The van der Waals surface area contributed by atoms with Crippen molar-refractivity contribution >= 4 is 15.9 Å². The van der Waals surface area contributed by atoms with Gasteiger partial charge in [-0.1, -0.05) is 12.1 Å². The second-order valence-corrected chi connectivity index (χ2v) is 4.62. The lowest BCUT2D eigenvalue weighted by molar-refractivity contribution is 0.619. The van der Waals surface area contributed by atoms with Crippen LogP contribution in [0.5, 0.6) is 0 Å². The Labute approximate surface area is 108 Å². The van der Waals surface area contributed by atoms with Crippen molar-refractivity contribution in [3.63, 3.8) is 0 Å². The topological polar surface area (TPSA) is 24.9 Å². The second-order valence-electron chi connectivity index (χ2n) is 3.70. The molecule has 0 aliphatic heterocycles. The molecule has 0 fully saturated rings. The summed E-state index contributed by atoms with van der Waals surface area (Å²) in [5, 5.41) is 3.22. The van der Waals surface area contributed by atoms with Gasteiger partial charge >= 0.3 is 0 Å². The molecule has 1 heterocycles. The SMILES string of the molecule is Fc1cccc(CNCc2ccc(Br)cn2)c1. The fraction of sp³-hybridized carbons (Fsp3) is 0.154. The van der Waals surface area contributed by atoms with Gasteiger partial charge < -0.3 is 5.32 Å². The third-order valence-electron chi connectivity index (χ3n) is 2.31. The zero-order valence-corrected chi connectivity index (χ0v) is 10.7. The number of hydrogen-bond donors (Lipinski definition) is 1. The standard InChI is InChI=1S/C13H12BrFN2/c14-11-4-5-13(17-8-11)9-16-7-10-2-1-3-12(15)6-10/h1-6,8,16H,7,9H2. The molecule has 0 spiro atoms. The van der Waals surface area contributed by atoms with E-state index in [1.165, 1.54) is 12.1 Å². The minimum absolute atomic E-state index is 0.203. The number of pyridine rings is 1. The summed E-state index contributed by atoms with van der Waals surface area (Å²) in [6.45, 7) is 1.30. The fourth-order valence-electron chi connectivity index (χ4n) is 1.49. The second kappa shape index (κ2) is 5.89. The highest BCUT2D eigenvalue weighted by Gasteiger charge is 1.97. The van der Waals surface area contributed by atoms with Crippen molar-refractivity contribution in [1.82, 2.24) is 10.3 Å². The molecular weight excluding hydrogens is 283 g/mol. The van der Waals surface area contributed by atoms with Crippen LogP contribution < -0.4 is 5.32 Å². The number of benzene rings is 1. The Morgan fingerprint density at radius 1 is 1.18 bits per heavy atom. The number of aromatic nitrogens is 1. The van der Waals surface area contributed by atoms with E-state index in [2.05, 4.69) is 26.2 Å². The minimum atomic E-state index is -0.203. The predicted molar refractivity (Wildman–Crippen MR) is 68.9 cm³/mol. The number of rotatable bonds is 4. The Morgan fingerprint density at radius 3 is 2.76 bits per heavy atom. The van der Waals surface area contributed by atoms with Gasteiger partial charge in [-0.25, -0.2) is 4.39 Å². The van der Waals surface area contributed by atoms with E-state index in [4.69, 9.17) is 0 Å². The van der Waals surface area contributed by atoms with E-state index in [0.717, 1.165) is 15.7 Å². The van der Waals surface area contributed by atoms with Crippen LogP contribution in [0.3, 0.4) is 0 Å². The first-order valence-electron chi connectivity index (χ1n) is 5.29. The largest absolute Gasteiger partial charge is 0.307 e. The van der Waals surface area contributed by atoms with Crippen LogP contribution >= 0.6 is 15.9 Å². The Hall–Kier alpha value is -1.26. The van der Waals surface area contributed by atoms with Gasteiger partial charge in [0.05, 0.1) is 5.69 Å². The smallest absolute Gasteiger partial charge is 0.123 e. The summed E-state index contributed by atoms with van der Waals surface area (Å²) in [6, 6.07) is 10.5. The highest BCUT2D eigenvalue weighted by molar-refractivity contribution is 9.10. The summed E-state index contributed by atoms with van der Waals surface area (Å²) in [6.07, 6.45) is 1.76. The lowest BCUT2D eigenvalue weighted by Gasteiger charge is -2.04. The van der Waals surface area contributed by atoms with Gasteiger partial charge in [-0.05, 0) is 45.8 Å². The Balaban J connectivity index is 1.85. The predicted octanol–water partition coefficient (Wildman–Crippen LogP) is 3.27. The number of hydrogen-bond acceptors (Lipinski definition) is 2. The maximum atomic E-state index is 12.9. The maximum absolute atomic E-state index is 12.9. The molecule has 2 nitrogen and oxygen atoms in total. The van der Waals surface area contributed by atoms with E-state index in [9.17, 15) is 4.39 Å². The molecule has 2 aromatic rings. The number of halogens is 2. The van der Waals surface area contributed by atoms with Crippen LogP contribution in [-0.2, 0) is 13.1 Å². The average Bonchev–Trinajstić information content (AvgIpc) is 2.32. The summed E-state index contributed by atoms with van der Waals surface area (Å²) in [5.74, 6) is -0.203. The van der Waals surface area contributed by atoms with Gasteiger partial charge in [0.2, 0.25) is 0 Å². The molecule has 1 aromatic heterocycles. The van der Waals surface area contributed by atoms with Crippen molar-refractivity contribution in [3.8, 4) is 0 Å². The van der Waals surface area contributed by atoms with Gasteiger partial charge in [0.15, 0.2) is 0 Å². The fourth-order valence-corrected chi connectivity index (χ4v) is 1.73. The first kappa shape index (κ1) is 12.2. The van der Waals surface area contributed by atoms with E-state index in [1.807, 2.05) is 18.2 Å². The summed E-state index contributed by atoms with van der Waals surface area (Å²) in [5.41, 5.74) is 1.90. The Morgan fingerprint density at radius 2 is 2.06 bits per heavy atom. The molecule has 0 amide bonds. The normalized spacial score (nSPS) is 10.5. The summed E-state index contributed by atoms with van der Waals surface area (Å²) in [7, 11) is 0. The van der Waals surface area contributed by atoms with E-state index >= 15 is 0 Å². The molecule has 0 saturated heterocycles. The molecule has 4 heteroatoms. The highest BCUT2D eigenvalue weighted by Crippen LogP contribution is 2.07. The number of nitrogens with zero attached hydrogens (tertiary/aromatic N) is 1. The molecule has 0 aliphatic carbocycles. The molecule has 1 aromatic carbocycles. The first-order chi connectivity index (χ1) is 8.24. The summed E-state index contributed by atoms with van der Waals surface area (Å²) in [4.78, 5) is 4.24. The van der Waals surface area contributed by atoms with Gasteiger partial charge in [-0.15, -0.1) is 0 Å². The molecule has 0 radical (unpaired) electrons. The van der Waals surface area contributed by atoms with Gasteiger partial charge in [0, 0.05) is 23.8 Å². The van der Waals surface area contributed by atoms with E-state index in [1.54, 1.807) is 12.3 Å². The Kier molecular flexibility index (Phi) is 4.23. The third kappa shape index (κ3) is 3.91. The monoisotopic (exact) mass is 294 g/mol. The summed E-state index contributed by atoms with van der Waals surface area (Å²) >= 11 is 3.33. The molecule has 88 valence electrons. The molecule has 0 atom stereocenters. The van der Waals surface area contributed by atoms with Gasteiger partial charge in [-0.2, -0.15) is 0 Å². The lowest BCUT2D eigenvalue weighted by atomic mass is 10.2. The van der Waals surface area contributed by atoms with Crippen LogP contribution in [0, 0.1) is 5.82 Å². The molecule has 0 saturated carbocycles. The van der Waals surface area contributed by atoms with Gasteiger partial charge in [0.25, 0.3) is 0 Å². The zero-order valence-electron chi connectivity index (χ0n) is 9.16. The molecule has 2 rings (SSSR count). The van der Waals surface area contributed by atoms with Crippen LogP contribution in [0.15, 0.2) is 47.1 Å². The highest BCUT2D eigenvalue weighted by atomic mass is 79.9. The van der Waals surface area contributed by atoms with Crippen molar-refractivity contribution in [3.05, 3.63) is 64.1 Å². The van der Waals surface area contributed by atoms with Crippen LogP contribution in [0.1, 0.15) is 11.3 Å². The van der Waals surface area contributed by atoms with Crippen molar-refractivity contribution in [2.24, 2.45) is 0 Å². The third-order valence-corrected chi connectivity index (χ3v) is 2.78. The first-order valence-corrected chi connectivity index (χ1v) is 6.09. The van der Waals surface area contributed by atoms with Gasteiger partial charge in [-0.3, -0.25) is 4.98 Å². The molecule has 0 unspecified atom stereocenters. The van der Waals surface area contributed by atoms with Gasteiger partial charge in [0.1, 0.15) is 5.82 Å². The summed E-state index contributed by atoms with van der Waals surface area (Å²) < 4.78 is 13.9. The molecule has 17 heavy (non-hydrogen) atoms. The molecule has 1 N–H and O–H groups in total. The lowest BCUT2D eigenvalue weighted by Crippen LogP contribution is -2.13. The number of nitrogens with one attached hydrogen (secondary N) is 1. The van der Waals surface area contributed by atoms with E-state index in [-0.39, 0.29) is 5.82 Å². The van der Waals surface area contributed by atoms with Crippen LogP contribution in [0.4, 0.5) is 4.39 Å². The molecule has 0 aliphatic rings. The van der Waals surface area contributed by atoms with Crippen molar-refractivity contribution in [2.75, 3.05) is 0 Å². The maximum Gasteiger partial charge on any atom is 0.123 e. The average molecular weight is 295 g/mol. The Bertz CT molecular complexity index is 485. The van der Waals surface area contributed by atoms with Crippen molar-refractivity contribution in [1.29, 1.82) is 0 Å². The van der Waals surface area contributed by atoms with Crippen molar-refractivity contribution < 1.29 is 4.39 Å². The van der Waals surface area contributed by atoms with Crippen LogP contribution in [-0.4, -0.2) is 4.98 Å². The van der Waals surface area contributed by atoms with Crippen LogP contribution in [0.2, 0.25) is 0 Å². The van der Waals surface area contributed by atoms with Crippen LogP contribution in [0.25, 0.3) is 0 Å². The van der Waals surface area contributed by atoms with Crippen molar-refractivity contribution in [2.45, 2.75) is 13.1 Å². The zero-order chi connectivity index (χ0) is 12.1. The molecule has 0 bridgehead atoms. The minimum Gasteiger partial charge on any atom is -0.307 e. The van der Waals surface area contributed by atoms with E-state index < -0.39 is 0 Å².